The summed E-state index contributed by atoms with van der Waals surface area (Å²) in [6.07, 6.45) is 4.27. The molecule has 3 aliphatic carbocycles. The van der Waals surface area contributed by atoms with Crippen LogP contribution in [-0.2, 0) is 0 Å². The Balaban J connectivity index is 1.50. The van der Waals surface area contributed by atoms with Gasteiger partial charge in [-0.05, 0) is 46.1 Å². The minimum atomic E-state index is -0.261. The number of nitrogens with one attached hydrogen (secondary N) is 1. The average molecular weight is 210 g/mol. The van der Waals surface area contributed by atoms with Gasteiger partial charge in [-0.15, -0.1) is 0 Å². The van der Waals surface area contributed by atoms with Gasteiger partial charge in [0.2, 0.25) is 0 Å². The molecule has 1 atom stereocenters. The minimum Gasteiger partial charge on any atom is -0.390 e. The van der Waals surface area contributed by atoms with Crippen molar-refractivity contribution < 1.29 is 5.11 Å². The predicted octanol–water partition coefficient (Wildman–Crippen LogP) is 0.726. The molecule has 1 aliphatic heterocycles. The molecule has 4 rings (SSSR count). The third-order valence-electron chi connectivity index (χ3n) is 4.46. The van der Waals surface area contributed by atoms with E-state index < -0.39 is 0 Å². The van der Waals surface area contributed by atoms with E-state index in [0.717, 1.165) is 19.3 Å². The molecule has 1 saturated heterocycles. The standard InChI is InChI=1S/C12H22N2O/c1-9(2)14-4-3-10(5-14)13-11-6-12(15,7-11)8-11/h9-10,13,15H,3-8H2,1-2H3/t10-,11?,12?/m0/s1. The third kappa shape index (κ3) is 1.52. The average Bonchev–Trinajstić information content (AvgIpc) is 2.48. The Hall–Kier alpha value is -0.120. The maximum Gasteiger partial charge on any atom is 0.0700 e. The van der Waals surface area contributed by atoms with E-state index >= 15 is 0 Å². The van der Waals surface area contributed by atoms with Gasteiger partial charge in [0.05, 0.1) is 5.60 Å². The van der Waals surface area contributed by atoms with Crippen LogP contribution in [0.3, 0.4) is 0 Å². The molecule has 2 N–H and O–H groups in total. The summed E-state index contributed by atoms with van der Waals surface area (Å²) in [5.74, 6) is 0. The second kappa shape index (κ2) is 2.96. The van der Waals surface area contributed by atoms with E-state index in [1.807, 2.05) is 0 Å². The van der Waals surface area contributed by atoms with Crippen molar-refractivity contribution in [1.29, 1.82) is 0 Å². The molecule has 3 nitrogen and oxygen atoms in total. The molecule has 1 heterocycles. The molecule has 2 bridgehead atoms. The lowest BCUT2D eigenvalue weighted by Gasteiger charge is -2.68. The van der Waals surface area contributed by atoms with Crippen molar-refractivity contribution in [3.63, 3.8) is 0 Å². The second-order valence-corrected chi connectivity index (χ2v) is 6.25. The van der Waals surface area contributed by atoms with Crippen LogP contribution in [0.5, 0.6) is 0 Å². The number of likely N-dealkylation sites (tertiary alicyclic amines) is 1. The minimum absolute atomic E-state index is 0.261. The molecule has 0 spiro atoms. The summed E-state index contributed by atoms with van der Waals surface area (Å²) in [4.78, 5) is 2.54. The van der Waals surface area contributed by atoms with Gasteiger partial charge in [-0.25, -0.2) is 0 Å². The monoisotopic (exact) mass is 210 g/mol. The molecule has 0 aromatic heterocycles. The van der Waals surface area contributed by atoms with Crippen molar-refractivity contribution >= 4 is 0 Å². The van der Waals surface area contributed by atoms with Gasteiger partial charge >= 0.3 is 0 Å². The summed E-state index contributed by atoms with van der Waals surface area (Å²) < 4.78 is 0. The van der Waals surface area contributed by atoms with E-state index in [9.17, 15) is 5.11 Å². The van der Waals surface area contributed by atoms with Crippen LogP contribution in [0.25, 0.3) is 0 Å². The highest BCUT2D eigenvalue weighted by atomic mass is 16.3. The van der Waals surface area contributed by atoms with Crippen molar-refractivity contribution in [2.45, 2.75) is 62.8 Å². The van der Waals surface area contributed by atoms with Gasteiger partial charge in [-0.3, -0.25) is 4.90 Å². The number of hydrogen-bond acceptors (Lipinski definition) is 3. The van der Waals surface area contributed by atoms with Crippen molar-refractivity contribution in [3.8, 4) is 0 Å². The third-order valence-corrected chi connectivity index (χ3v) is 4.46. The van der Waals surface area contributed by atoms with Gasteiger partial charge in [-0.2, -0.15) is 0 Å². The van der Waals surface area contributed by atoms with Gasteiger partial charge < -0.3 is 10.4 Å². The zero-order chi connectivity index (χ0) is 10.7. The zero-order valence-electron chi connectivity index (χ0n) is 9.79. The van der Waals surface area contributed by atoms with Crippen LogP contribution in [0.1, 0.15) is 39.5 Å². The van der Waals surface area contributed by atoms with Crippen molar-refractivity contribution in [2.75, 3.05) is 13.1 Å². The van der Waals surface area contributed by atoms with Gasteiger partial charge in [-0.1, -0.05) is 0 Å². The first-order valence-corrected chi connectivity index (χ1v) is 6.25. The maximum atomic E-state index is 9.71. The highest BCUT2D eigenvalue weighted by molar-refractivity contribution is 5.25. The first-order valence-electron chi connectivity index (χ1n) is 6.25. The van der Waals surface area contributed by atoms with Gasteiger partial charge in [0.1, 0.15) is 0 Å². The highest BCUT2D eigenvalue weighted by Gasteiger charge is 2.67. The van der Waals surface area contributed by atoms with Crippen LogP contribution < -0.4 is 5.32 Å². The fourth-order valence-corrected chi connectivity index (χ4v) is 3.69. The van der Waals surface area contributed by atoms with E-state index in [2.05, 4.69) is 24.1 Å². The summed E-state index contributed by atoms with van der Waals surface area (Å²) in [7, 11) is 0. The molecule has 0 aromatic carbocycles. The van der Waals surface area contributed by atoms with Crippen LogP contribution in [-0.4, -0.2) is 46.3 Å². The molecule has 0 radical (unpaired) electrons. The molecule has 3 saturated carbocycles. The largest absolute Gasteiger partial charge is 0.390 e. The molecule has 86 valence electrons. The van der Waals surface area contributed by atoms with Gasteiger partial charge in [0.15, 0.2) is 0 Å². The van der Waals surface area contributed by atoms with Crippen LogP contribution in [0.15, 0.2) is 0 Å². The molecule has 0 amide bonds. The van der Waals surface area contributed by atoms with E-state index in [-0.39, 0.29) is 5.60 Å². The fourth-order valence-electron chi connectivity index (χ4n) is 3.69. The first-order chi connectivity index (χ1) is 7.00. The number of hydrogen-bond donors (Lipinski definition) is 2. The quantitative estimate of drug-likeness (QED) is 0.721. The van der Waals surface area contributed by atoms with E-state index in [1.54, 1.807) is 0 Å². The van der Waals surface area contributed by atoms with Crippen molar-refractivity contribution in [3.05, 3.63) is 0 Å². The normalized spacial score (nSPS) is 49.2. The summed E-state index contributed by atoms with van der Waals surface area (Å²) in [5, 5.41) is 13.5. The van der Waals surface area contributed by atoms with Crippen molar-refractivity contribution in [1.82, 2.24) is 10.2 Å². The molecule has 15 heavy (non-hydrogen) atoms. The molecular formula is C12H22N2O. The topological polar surface area (TPSA) is 35.5 Å². The number of nitrogens with zero attached hydrogens (tertiary/aromatic N) is 1. The van der Waals surface area contributed by atoms with E-state index in [0.29, 0.717) is 17.6 Å². The molecule has 0 aromatic rings. The Bertz CT molecular complexity index is 257. The number of aliphatic hydroxyl groups is 1. The first kappa shape index (κ1) is 10.1. The molecular weight excluding hydrogens is 188 g/mol. The maximum absolute atomic E-state index is 9.71. The second-order valence-electron chi connectivity index (χ2n) is 6.25. The lowest BCUT2D eigenvalue weighted by molar-refractivity contribution is -0.223. The van der Waals surface area contributed by atoms with Gasteiger partial charge in [0, 0.05) is 24.2 Å². The van der Waals surface area contributed by atoms with E-state index in [4.69, 9.17) is 0 Å². The van der Waals surface area contributed by atoms with Crippen LogP contribution in [0, 0.1) is 0 Å². The molecule has 3 heteroatoms. The highest BCUT2D eigenvalue weighted by Crippen LogP contribution is 2.60. The number of rotatable bonds is 3. The van der Waals surface area contributed by atoms with Gasteiger partial charge in [0.25, 0.3) is 0 Å². The zero-order valence-corrected chi connectivity index (χ0v) is 9.79. The molecule has 0 unspecified atom stereocenters. The Morgan fingerprint density at radius 3 is 2.47 bits per heavy atom. The smallest absolute Gasteiger partial charge is 0.0700 e. The van der Waals surface area contributed by atoms with E-state index in [1.165, 1.54) is 19.5 Å². The lowest BCUT2D eigenvalue weighted by atomic mass is 9.46. The van der Waals surface area contributed by atoms with Crippen molar-refractivity contribution in [2.24, 2.45) is 0 Å². The molecule has 4 aliphatic rings. The van der Waals surface area contributed by atoms with Crippen LogP contribution in [0.4, 0.5) is 0 Å². The van der Waals surface area contributed by atoms with Crippen LogP contribution in [0.2, 0.25) is 0 Å². The Labute approximate surface area is 91.8 Å². The van der Waals surface area contributed by atoms with Crippen LogP contribution >= 0.6 is 0 Å². The Morgan fingerprint density at radius 1 is 1.33 bits per heavy atom. The summed E-state index contributed by atoms with van der Waals surface area (Å²) in [6.45, 7) is 6.96. The predicted molar refractivity (Wildman–Crippen MR) is 59.8 cm³/mol. The summed E-state index contributed by atoms with van der Waals surface area (Å²) in [5.41, 5.74) is 0.0791. The molecule has 4 fully saturated rings. The fraction of sp³-hybridized carbons (Fsp3) is 1.00. The summed E-state index contributed by atoms with van der Waals surface area (Å²) >= 11 is 0. The SMILES string of the molecule is CC(C)N1CC[C@H](NC23CC(O)(C2)C3)C1. The Morgan fingerprint density at radius 2 is 2.00 bits per heavy atom. The summed E-state index contributed by atoms with van der Waals surface area (Å²) in [6, 6.07) is 1.34. The Kier molecular flexibility index (Phi) is 1.99. The lowest BCUT2D eigenvalue weighted by Crippen LogP contribution is -2.79.